The number of halogens is 4. The fourth-order valence-electron chi connectivity index (χ4n) is 4.26. The van der Waals surface area contributed by atoms with E-state index in [1.54, 1.807) is 11.3 Å². The van der Waals surface area contributed by atoms with E-state index >= 15 is 0 Å². The number of hydrogen-bond acceptors (Lipinski definition) is 6. The quantitative estimate of drug-likeness (QED) is 0.610. The Labute approximate surface area is 206 Å². The molecule has 2 aromatic rings. The minimum absolute atomic E-state index is 0.311. The second-order valence-corrected chi connectivity index (χ2v) is 9.89. The molecular weight excluding hydrogens is 491 g/mol. The smallest absolute Gasteiger partial charge is 0.475 e. The van der Waals surface area contributed by atoms with Gasteiger partial charge in [-0.15, -0.1) is 11.3 Å². The van der Waals surface area contributed by atoms with Gasteiger partial charge in [-0.05, 0) is 50.8 Å². The van der Waals surface area contributed by atoms with E-state index in [-0.39, 0.29) is 0 Å². The highest BCUT2D eigenvalue weighted by molar-refractivity contribution is 7.13. The van der Waals surface area contributed by atoms with Gasteiger partial charge in [0, 0.05) is 42.1 Å². The summed E-state index contributed by atoms with van der Waals surface area (Å²) in [6.07, 6.45) is -1.35. The molecule has 1 aromatic heterocycles. The van der Waals surface area contributed by atoms with Crippen LogP contribution < -0.4 is 4.90 Å². The summed E-state index contributed by atoms with van der Waals surface area (Å²) in [7, 11) is 0. The maximum absolute atomic E-state index is 10.6. The van der Waals surface area contributed by atoms with E-state index < -0.39 is 12.1 Å². The Balaban J connectivity index is 0.000000406. The van der Waals surface area contributed by atoms with E-state index in [0.717, 1.165) is 43.4 Å². The predicted octanol–water partition coefficient (Wildman–Crippen LogP) is 5.04. The molecule has 3 heterocycles. The van der Waals surface area contributed by atoms with Crippen LogP contribution in [0.1, 0.15) is 31.0 Å². The minimum Gasteiger partial charge on any atom is -0.475 e. The topological polar surface area (TPSA) is 65.9 Å². The number of rotatable bonds is 4. The van der Waals surface area contributed by atoms with Gasteiger partial charge in [0.05, 0.1) is 18.4 Å². The van der Waals surface area contributed by atoms with E-state index in [1.807, 2.05) is 12.1 Å². The van der Waals surface area contributed by atoms with Crippen molar-refractivity contribution in [3.8, 4) is 0 Å². The Bertz CT molecular complexity index is 934. The number of nitrogens with zero attached hydrogens (tertiary/aromatic N) is 3. The molecule has 0 spiro atoms. The Kier molecular flexibility index (Phi) is 9.20. The molecule has 0 unspecified atom stereocenters. The van der Waals surface area contributed by atoms with Gasteiger partial charge in [-0.2, -0.15) is 13.2 Å². The lowest BCUT2D eigenvalue weighted by Crippen LogP contribution is -2.56. The highest BCUT2D eigenvalue weighted by Crippen LogP contribution is 2.29. The summed E-state index contributed by atoms with van der Waals surface area (Å²) in [6.45, 7) is 8.30. The number of morpholine rings is 1. The van der Waals surface area contributed by atoms with Crippen molar-refractivity contribution in [3.63, 3.8) is 0 Å². The van der Waals surface area contributed by atoms with Crippen molar-refractivity contribution in [1.29, 1.82) is 0 Å². The van der Waals surface area contributed by atoms with Crippen LogP contribution in [-0.4, -0.2) is 71.6 Å². The summed E-state index contributed by atoms with van der Waals surface area (Å²) in [4.78, 5) is 18.7. The van der Waals surface area contributed by atoms with Gasteiger partial charge in [0.25, 0.3) is 0 Å². The van der Waals surface area contributed by atoms with Crippen LogP contribution in [0.4, 0.5) is 18.3 Å². The lowest BCUT2D eigenvalue weighted by molar-refractivity contribution is -0.192. The van der Waals surface area contributed by atoms with E-state index in [1.165, 1.54) is 23.5 Å². The molecule has 0 aliphatic carbocycles. The molecule has 0 bridgehead atoms. The molecular formula is C23H29ClF3N3O3S. The molecule has 2 fully saturated rings. The second-order valence-electron chi connectivity index (χ2n) is 8.62. The van der Waals surface area contributed by atoms with E-state index in [4.69, 9.17) is 26.2 Å². The lowest BCUT2D eigenvalue weighted by Gasteiger charge is -2.46. The number of ether oxygens (including phenoxy) is 1. The molecule has 0 amide bonds. The number of hydrogen-bond donors (Lipinski definition) is 1. The summed E-state index contributed by atoms with van der Waals surface area (Å²) < 4.78 is 37.8. The van der Waals surface area contributed by atoms with Crippen molar-refractivity contribution in [3.05, 3.63) is 45.9 Å². The third kappa shape index (κ3) is 7.56. The summed E-state index contributed by atoms with van der Waals surface area (Å²) in [5.74, 6) is -2.76. The number of aliphatic carboxylic acids is 1. The Morgan fingerprint density at radius 3 is 2.41 bits per heavy atom. The first kappa shape index (κ1) is 26.7. The molecule has 1 aromatic carbocycles. The lowest BCUT2D eigenvalue weighted by atomic mass is 9.96. The maximum Gasteiger partial charge on any atom is 0.490 e. The first-order chi connectivity index (χ1) is 16.0. The number of carbonyl (C=O) groups is 1. The normalized spacial score (nSPS) is 22.2. The number of aryl methyl sites for hydroxylation is 1. The van der Waals surface area contributed by atoms with Crippen LogP contribution in [-0.2, 0) is 16.0 Å². The monoisotopic (exact) mass is 519 g/mol. The molecule has 188 valence electrons. The van der Waals surface area contributed by atoms with Gasteiger partial charge in [0.2, 0.25) is 0 Å². The molecule has 34 heavy (non-hydrogen) atoms. The van der Waals surface area contributed by atoms with Crippen molar-refractivity contribution in [2.45, 2.75) is 57.5 Å². The zero-order chi connectivity index (χ0) is 24.9. The summed E-state index contributed by atoms with van der Waals surface area (Å²) >= 11 is 7.81. The van der Waals surface area contributed by atoms with Crippen molar-refractivity contribution in [2.75, 3.05) is 31.1 Å². The Morgan fingerprint density at radius 1 is 1.26 bits per heavy atom. The molecule has 0 radical (unpaired) electrons. The predicted molar refractivity (Wildman–Crippen MR) is 127 cm³/mol. The van der Waals surface area contributed by atoms with Gasteiger partial charge in [-0.25, -0.2) is 9.78 Å². The van der Waals surface area contributed by atoms with Gasteiger partial charge >= 0.3 is 12.1 Å². The first-order valence-electron chi connectivity index (χ1n) is 11.1. The largest absolute Gasteiger partial charge is 0.490 e. The zero-order valence-electron chi connectivity index (χ0n) is 19.1. The molecule has 2 saturated heterocycles. The number of aromatic nitrogens is 1. The minimum atomic E-state index is -5.08. The molecule has 6 nitrogen and oxygen atoms in total. The average molecular weight is 520 g/mol. The van der Waals surface area contributed by atoms with Crippen molar-refractivity contribution < 1.29 is 27.8 Å². The molecule has 2 aliphatic rings. The Hall–Kier alpha value is -1.88. The number of alkyl halides is 3. The van der Waals surface area contributed by atoms with Crippen molar-refractivity contribution in [2.24, 2.45) is 0 Å². The van der Waals surface area contributed by atoms with Crippen molar-refractivity contribution in [1.82, 2.24) is 9.88 Å². The zero-order valence-corrected chi connectivity index (χ0v) is 20.7. The molecule has 2 atom stereocenters. The third-order valence-electron chi connectivity index (χ3n) is 5.95. The summed E-state index contributed by atoms with van der Waals surface area (Å²) in [5, 5.41) is 11.3. The summed E-state index contributed by atoms with van der Waals surface area (Å²) in [6, 6.07) is 9.34. The fourth-order valence-corrected chi connectivity index (χ4v) is 5.24. The number of benzene rings is 1. The second kappa shape index (κ2) is 11.7. The van der Waals surface area contributed by atoms with Crippen LogP contribution in [0.5, 0.6) is 0 Å². The molecule has 0 saturated carbocycles. The van der Waals surface area contributed by atoms with Crippen LogP contribution in [0.25, 0.3) is 0 Å². The Morgan fingerprint density at radius 2 is 1.88 bits per heavy atom. The summed E-state index contributed by atoms with van der Waals surface area (Å²) in [5.41, 5.74) is 2.46. The number of carboxylic acid groups (broad SMARTS) is 1. The first-order valence-corrected chi connectivity index (χ1v) is 12.4. The van der Waals surface area contributed by atoms with Gasteiger partial charge in [0.15, 0.2) is 5.13 Å². The van der Waals surface area contributed by atoms with E-state index in [2.05, 4.69) is 46.1 Å². The van der Waals surface area contributed by atoms with Gasteiger partial charge in [0.1, 0.15) is 0 Å². The standard InChI is InChI=1S/C21H28ClN3OS.C2HF3O2/c1-15-14-27-21(23-15)24-9-7-19(8-10-24)25-12-16(2)26-13-20(25)11-17-3-5-18(22)6-4-17;3-2(4,5)1(6)7/h3-6,14,16,19-20H,7-13H2,1-2H3;(H,6,7)/t16-,20-;/m0./s1. The van der Waals surface area contributed by atoms with Crippen LogP contribution in [0, 0.1) is 6.92 Å². The van der Waals surface area contributed by atoms with E-state index in [9.17, 15) is 13.2 Å². The highest BCUT2D eigenvalue weighted by atomic mass is 35.5. The van der Waals surface area contributed by atoms with E-state index in [0.29, 0.717) is 18.2 Å². The van der Waals surface area contributed by atoms with Crippen LogP contribution in [0.15, 0.2) is 29.6 Å². The van der Waals surface area contributed by atoms with Crippen LogP contribution >= 0.6 is 22.9 Å². The maximum atomic E-state index is 10.6. The number of piperidine rings is 1. The van der Waals surface area contributed by atoms with Crippen LogP contribution in [0.2, 0.25) is 5.02 Å². The number of thiazole rings is 1. The van der Waals surface area contributed by atoms with Gasteiger partial charge < -0.3 is 14.7 Å². The van der Waals surface area contributed by atoms with Crippen molar-refractivity contribution >= 4 is 34.0 Å². The average Bonchev–Trinajstić information content (AvgIpc) is 3.23. The highest BCUT2D eigenvalue weighted by Gasteiger charge is 2.38. The van der Waals surface area contributed by atoms with Crippen LogP contribution in [0.3, 0.4) is 0 Å². The molecule has 1 N–H and O–H groups in total. The number of anilines is 1. The molecule has 4 rings (SSSR count). The van der Waals surface area contributed by atoms with Gasteiger partial charge in [-0.1, -0.05) is 23.7 Å². The SMILES string of the molecule is Cc1csc(N2CCC(N3C[C@H](C)OC[C@@H]3Cc3ccc(Cl)cc3)CC2)n1.O=C(O)C(F)(F)F. The van der Waals surface area contributed by atoms with Gasteiger partial charge in [-0.3, -0.25) is 4.90 Å². The number of carboxylic acids is 1. The molecule has 2 aliphatic heterocycles. The fraction of sp³-hybridized carbons (Fsp3) is 0.565. The third-order valence-corrected chi connectivity index (χ3v) is 7.22. The molecule has 11 heteroatoms.